The Kier molecular flexibility index (Phi) is 5.17. The molecule has 2 N–H and O–H groups in total. The Bertz CT molecular complexity index is 1570. The van der Waals surface area contributed by atoms with Crippen molar-refractivity contribution in [3.8, 4) is 17.4 Å². The number of amides is 1. The minimum absolute atomic E-state index is 0.0306. The van der Waals surface area contributed by atoms with E-state index in [-0.39, 0.29) is 35.4 Å². The van der Waals surface area contributed by atoms with Crippen LogP contribution >= 0.6 is 11.8 Å². The lowest BCUT2D eigenvalue weighted by atomic mass is 10.2. The maximum absolute atomic E-state index is 13.1. The van der Waals surface area contributed by atoms with Gasteiger partial charge in [0.25, 0.3) is 11.1 Å². The lowest BCUT2D eigenvalue weighted by Gasteiger charge is -2.14. The Morgan fingerprint density at radius 3 is 2.97 bits per heavy atom. The molecule has 0 fully saturated rings. The molecule has 2 aliphatic rings. The van der Waals surface area contributed by atoms with E-state index in [9.17, 15) is 14.4 Å². The van der Waals surface area contributed by atoms with Gasteiger partial charge in [-0.05, 0) is 38.3 Å². The Labute approximate surface area is 202 Å². The van der Waals surface area contributed by atoms with Crippen molar-refractivity contribution in [2.24, 2.45) is 0 Å². The van der Waals surface area contributed by atoms with E-state index in [1.807, 2.05) is 0 Å². The first-order valence-corrected chi connectivity index (χ1v) is 12.2. The van der Waals surface area contributed by atoms with Crippen molar-refractivity contribution in [3.63, 3.8) is 0 Å². The number of aromatic nitrogens is 6. The summed E-state index contributed by atoms with van der Waals surface area (Å²) in [6.45, 7) is 1.70. The lowest BCUT2D eigenvalue weighted by molar-refractivity contribution is -0.116. The van der Waals surface area contributed by atoms with Gasteiger partial charge in [0.05, 0.1) is 18.0 Å². The van der Waals surface area contributed by atoms with Crippen LogP contribution in [-0.2, 0) is 17.6 Å². The number of carbonyl (C=O) groups excluding carboxylic acids is 1. The van der Waals surface area contributed by atoms with Gasteiger partial charge in [0.15, 0.2) is 10.9 Å². The molecule has 35 heavy (non-hydrogen) atoms. The monoisotopic (exact) mass is 491 g/mol. The number of fused-ring (bicyclic) bond motifs is 2. The molecule has 0 spiro atoms. The third-order valence-electron chi connectivity index (χ3n) is 6.10. The molecule has 11 nitrogen and oxygen atoms in total. The highest BCUT2D eigenvalue weighted by Crippen LogP contribution is 2.34. The predicted molar refractivity (Wildman–Crippen MR) is 128 cm³/mol. The second-order valence-electron chi connectivity index (χ2n) is 8.58. The van der Waals surface area contributed by atoms with E-state index >= 15 is 0 Å². The molecule has 1 aliphatic heterocycles. The summed E-state index contributed by atoms with van der Waals surface area (Å²) < 4.78 is 8.47. The number of furan rings is 1. The summed E-state index contributed by atoms with van der Waals surface area (Å²) in [6.07, 6.45) is 4.13. The van der Waals surface area contributed by atoms with Crippen LogP contribution in [-0.4, -0.2) is 41.0 Å². The van der Waals surface area contributed by atoms with Crippen LogP contribution in [0.1, 0.15) is 35.8 Å². The van der Waals surface area contributed by atoms with E-state index in [0.717, 1.165) is 30.5 Å². The molecule has 1 aliphatic carbocycles. The van der Waals surface area contributed by atoms with Gasteiger partial charge in [-0.25, -0.2) is 9.97 Å². The van der Waals surface area contributed by atoms with Crippen molar-refractivity contribution in [1.29, 1.82) is 0 Å². The minimum atomic E-state index is -0.334. The van der Waals surface area contributed by atoms with Crippen molar-refractivity contribution in [1.82, 2.24) is 29.3 Å². The molecule has 178 valence electrons. The van der Waals surface area contributed by atoms with Crippen molar-refractivity contribution in [2.75, 3.05) is 11.1 Å². The fraction of sp³-hybridized carbons (Fsp3) is 0.304. The largest absolute Gasteiger partial charge is 0.463 e. The maximum Gasteiger partial charge on any atom is 0.257 e. The summed E-state index contributed by atoms with van der Waals surface area (Å²) in [7, 11) is 0. The molecule has 12 heteroatoms. The number of aromatic amines is 1. The van der Waals surface area contributed by atoms with Crippen molar-refractivity contribution in [3.05, 3.63) is 68.2 Å². The average molecular weight is 492 g/mol. The van der Waals surface area contributed by atoms with E-state index in [4.69, 9.17) is 4.42 Å². The first-order chi connectivity index (χ1) is 17.0. The molecular weight excluding hydrogens is 470 g/mol. The molecule has 0 bridgehead atoms. The molecule has 0 saturated heterocycles. The number of rotatable bonds is 5. The van der Waals surface area contributed by atoms with E-state index in [1.165, 1.54) is 28.8 Å². The van der Waals surface area contributed by atoms with E-state index in [0.29, 0.717) is 33.9 Å². The van der Waals surface area contributed by atoms with Crippen LogP contribution in [0.15, 0.2) is 49.7 Å². The van der Waals surface area contributed by atoms with Crippen LogP contribution in [0.25, 0.3) is 17.4 Å². The number of hydrogen-bond donors (Lipinski definition) is 2. The SMILES string of the molecule is Cc1cc(=O)[nH]c(-n2nc(-c3ccco3)cc2NC(=O)CC2CSc3nc4c(c(=O)n32)CCC4)n1. The van der Waals surface area contributed by atoms with Gasteiger partial charge < -0.3 is 9.73 Å². The Morgan fingerprint density at radius 2 is 2.17 bits per heavy atom. The van der Waals surface area contributed by atoms with Crippen molar-refractivity contribution in [2.45, 2.75) is 43.8 Å². The molecule has 4 aromatic rings. The standard InChI is InChI=1S/C23H21N7O4S/c1-12-8-19(31)27-22(24-12)30-18(10-16(28-30)17-6-3-7-34-17)26-20(32)9-13-11-35-23-25-15-5-2-4-14(15)21(33)29(13)23/h3,6-8,10,13H,2,4-5,9,11H2,1H3,(H,26,32)(H,24,27,31). The van der Waals surface area contributed by atoms with Gasteiger partial charge in [-0.2, -0.15) is 9.78 Å². The Balaban J connectivity index is 1.30. The first kappa shape index (κ1) is 21.6. The topological polar surface area (TPSA) is 141 Å². The van der Waals surface area contributed by atoms with E-state index < -0.39 is 0 Å². The number of thioether (sulfide) groups is 1. The molecular formula is C23H21N7O4S. The molecule has 0 radical (unpaired) electrons. The highest BCUT2D eigenvalue weighted by Gasteiger charge is 2.31. The number of anilines is 1. The summed E-state index contributed by atoms with van der Waals surface area (Å²) in [5.74, 6) is 1.29. The number of nitrogens with zero attached hydrogens (tertiary/aromatic N) is 5. The molecule has 0 aromatic carbocycles. The van der Waals surface area contributed by atoms with Crippen LogP contribution in [0.4, 0.5) is 5.82 Å². The zero-order chi connectivity index (χ0) is 24.1. The number of carbonyl (C=O) groups is 1. The van der Waals surface area contributed by atoms with Crippen LogP contribution in [0.5, 0.6) is 0 Å². The maximum atomic E-state index is 13.1. The second kappa shape index (κ2) is 8.38. The van der Waals surface area contributed by atoms with Gasteiger partial charge in [-0.15, -0.1) is 0 Å². The number of aryl methyl sites for hydroxylation is 2. The minimum Gasteiger partial charge on any atom is -0.463 e. The smallest absolute Gasteiger partial charge is 0.257 e. The molecule has 5 heterocycles. The summed E-state index contributed by atoms with van der Waals surface area (Å²) >= 11 is 1.50. The van der Waals surface area contributed by atoms with Crippen LogP contribution in [0.3, 0.4) is 0 Å². The Morgan fingerprint density at radius 1 is 1.29 bits per heavy atom. The van der Waals surface area contributed by atoms with Crippen molar-refractivity contribution < 1.29 is 9.21 Å². The molecule has 1 amide bonds. The predicted octanol–water partition coefficient (Wildman–Crippen LogP) is 2.25. The van der Waals surface area contributed by atoms with E-state index in [1.54, 1.807) is 29.7 Å². The van der Waals surface area contributed by atoms with Crippen LogP contribution < -0.4 is 16.4 Å². The molecule has 6 rings (SSSR count). The van der Waals surface area contributed by atoms with E-state index in [2.05, 4.69) is 25.4 Å². The molecule has 4 aromatic heterocycles. The van der Waals surface area contributed by atoms with Gasteiger partial charge >= 0.3 is 0 Å². The lowest BCUT2D eigenvalue weighted by Crippen LogP contribution is -2.30. The summed E-state index contributed by atoms with van der Waals surface area (Å²) in [5, 5.41) is 8.04. The third kappa shape index (κ3) is 3.89. The van der Waals surface area contributed by atoms with Crippen LogP contribution in [0.2, 0.25) is 0 Å². The molecule has 1 unspecified atom stereocenters. The fourth-order valence-corrected chi connectivity index (χ4v) is 5.70. The zero-order valence-corrected chi connectivity index (χ0v) is 19.6. The summed E-state index contributed by atoms with van der Waals surface area (Å²) in [5.41, 5.74) is 2.28. The first-order valence-electron chi connectivity index (χ1n) is 11.3. The molecule has 1 atom stereocenters. The highest BCUT2D eigenvalue weighted by atomic mass is 32.2. The normalized spacial score (nSPS) is 16.3. The summed E-state index contributed by atoms with van der Waals surface area (Å²) in [6, 6.07) is 6.21. The average Bonchev–Trinajstić information content (AvgIpc) is 3.60. The highest BCUT2D eigenvalue weighted by molar-refractivity contribution is 7.99. The quantitative estimate of drug-likeness (QED) is 0.405. The Hall–Kier alpha value is -3.93. The second-order valence-corrected chi connectivity index (χ2v) is 9.57. The molecule has 0 saturated carbocycles. The van der Waals surface area contributed by atoms with Crippen LogP contribution in [0, 0.1) is 6.92 Å². The summed E-state index contributed by atoms with van der Waals surface area (Å²) in [4.78, 5) is 49.9. The zero-order valence-electron chi connectivity index (χ0n) is 18.8. The van der Waals surface area contributed by atoms with Gasteiger partial charge in [0.1, 0.15) is 11.5 Å². The van der Waals surface area contributed by atoms with Gasteiger partial charge in [-0.3, -0.25) is 23.9 Å². The number of hydrogen-bond acceptors (Lipinski definition) is 8. The number of nitrogens with one attached hydrogen (secondary N) is 2. The van der Waals surface area contributed by atoms with Crippen molar-refractivity contribution >= 4 is 23.5 Å². The van der Waals surface area contributed by atoms with Gasteiger partial charge in [0.2, 0.25) is 11.9 Å². The third-order valence-corrected chi connectivity index (χ3v) is 7.20. The van der Waals surface area contributed by atoms with Gasteiger partial charge in [0, 0.05) is 35.6 Å². The van der Waals surface area contributed by atoms with Gasteiger partial charge in [-0.1, -0.05) is 11.8 Å². The fourth-order valence-electron chi connectivity index (χ4n) is 4.55. The number of H-pyrrole nitrogens is 1.